The molecule has 2 rings (SSSR count). The fourth-order valence-corrected chi connectivity index (χ4v) is 2.66. The number of carbonyl (C=O) groups excluding carboxylic acids is 1. The van der Waals surface area contributed by atoms with Crippen molar-refractivity contribution >= 4 is 33.5 Å². The number of ether oxygens (including phenoxy) is 1. The highest BCUT2D eigenvalue weighted by Gasteiger charge is 2.21. The molecule has 122 valence electrons. The third-order valence-electron chi connectivity index (χ3n) is 3.49. The molecule has 7 nitrogen and oxygen atoms in total. The van der Waals surface area contributed by atoms with Crippen LogP contribution in [0.3, 0.4) is 0 Å². The van der Waals surface area contributed by atoms with Crippen molar-refractivity contribution in [2.24, 2.45) is 0 Å². The minimum Gasteiger partial charge on any atom is -0.465 e. The second-order valence-electron chi connectivity index (χ2n) is 5.20. The molecule has 0 saturated heterocycles. The highest BCUT2D eigenvalue weighted by Crippen LogP contribution is 2.25. The number of aliphatic hydroxyl groups is 1. The van der Waals surface area contributed by atoms with Crippen molar-refractivity contribution in [2.45, 2.75) is 44.8 Å². The molecule has 8 heteroatoms. The van der Waals surface area contributed by atoms with Crippen LogP contribution in [0.15, 0.2) is 10.8 Å². The molecule has 3 N–H and O–H groups in total. The predicted octanol–water partition coefficient (Wildman–Crippen LogP) is 1.93. The normalized spacial score (nSPS) is 21.2. The number of rotatable bonds is 6. The van der Waals surface area contributed by atoms with E-state index >= 15 is 0 Å². The van der Waals surface area contributed by atoms with Crippen LogP contribution in [0.4, 0.5) is 11.6 Å². The van der Waals surface area contributed by atoms with Gasteiger partial charge in [-0.25, -0.2) is 9.97 Å². The number of aliphatic hydroxyl groups excluding tert-OH is 1. The van der Waals surface area contributed by atoms with Crippen molar-refractivity contribution < 1.29 is 14.6 Å². The summed E-state index contributed by atoms with van der Waals surface area (Å²) in [7, 11) is 0. The number of nitrogens with one attached hydrogen (secondary N) is 2. The van der Waals surface area contributed by atoms with Crippen molar-refractivity contribution in [1.29, 1.82) is 0 Å². The summed E-state index contributed by atoms with van der Waals surface area (Å²) >= 11 is 3.30. The van der Waals surface area contributed by atoms with Crippen LogP contribution in [-0.2, 0) is 9.53 Å². The first-order chi connectivity index (χ1) is 10.6. The first-order valence-corrected chi connectivity index (χ1v) is 8.24. The van der Waals surface area contributed by atoms with Crippen LogP contribution < -0.4 is 10.6 Å². The minimum atomic E-state index is -0.334. The second kappa shape index (κ2) is 8.28. The SMILES string of the molecule is CCO[13C](=O)CNc1ncc(Br)nc1NC1CCC(O)CC1. The molecular formula is C14H21BrN4O3. The average Bonchev–Trinajstić information content (AvgIpc) is 2.49. The Morgan fingerprint density at radius 3 is 2.82 bits per heavy atom. The number of esters is 1. The molecular weight excluding hydrogens is 353 g/mol. The molecule has 1 aromatic rings. The van der Waals surface area contributed by atoms with Crippen LogP contribution in [0.2, 0.25) is 0 Å². The predicted molar refractivity (Wildman–Crippen MR) is 86.7 cm³/mol. The van der Waals surface area contributed by atoms with Gasteiger partial charge in [0.15, 0.2) is 11.6 Å². The van der Waals surface area contributed by atoms with E-state index < -0.39 is 0 Å². The van der Waals surface area contributed by atoms with E-state index in [1.54, 1.807) is 13.1 Å². The topological polar surface area (TPSA) is 96.4 Å². The maximum Gasteiger partial charge on any atom is 0.325 e. The van der Waals surface area contributed by atoms with Gasteiger partial charge in [-0.05, 0) is 48.5 Å². The number of aromatic nitrogens is 2. The number of hydrogen-bond donors (Lipinski definition) is 3. The highest BCUT2D eigenvalue weighted by atomic mass is 79.9. The summed E-state index contributed by atoms with van der Waals surface area (Å²) in [6.07, 6.45) is 4.70. The van der Waals surface area contributed by atoms with Crippen LogP contribution in [0.1, 0.15) is 32.6 Å². The van der Waals surface area contributed by atoms with E-state index in [1.807, 2.05) is 0 Å². The Bertz CT molecular complexity index is 507. The van der Waals surface area contributed by atoms with Gasteiger partial charge >= 0.3 is 5.97 Å². The van der Waals surface area contributed by atoms with E-state index in [1.165, 1.54) is 0 Å². The van der Waals surface area contributed by atoms with Gasteiger partial charge in [-0.3, -0.25) is 4.79 Å². The maximum atomic E-state index is 11.4. The zero-order chi connectivity index (χ0) is 15.9. The molecule has 1 aliphatic carbocycles. The summed E-state index contributed by atoms with van der Waals surface area (Å²) in [5.41, 5.74) is 0. The number of nitrogens with zero attached hydrogens (tertiary/aromatic N) is 2. The molecule has 0 atom stereocenters. The Balaban J connectivity index is 1.99. The minimum absolute atomic E-state index is 0.0439. The number of halogens is 1. The molecule has 1 aromatic heterocycles. The van der Waals surface area contributed by atoms with E-state index in [0.29, 0.717) is 22.8 Å². The lowest BCUT2D eigenvalue weighted by Gasteiger charge is -2.27. The summed E-state index contributed by atoms with van der Waals surface area (Å²) in [6, 6.07) is 0.246. The number of anilines is 2. The molecule has 0 spiro atoms. The molecule has 0 aliphatic heterocycles. The monoisotopic (exact) mass is 373 g/mol. The van der Waals surface area contributed by atoms with Crippen molar-refractivity contribution in [3.8, 4) is 0 Å². The maximum absolute atomic E-state index is 11.4. The first kappa shape index (κ1) is 17.0. The third kappa shape index (κ3) is 5.10. The standard InChI is InChI=1S/C14H21BrN4O3/c1-2-22-12(21)8-17-13-14(19-11(15)7-16-13)18-9-3-5-10(20)6-4-9/h7,9-10,20H,2-6,8H2,1H3,(H,16,17)(H,18,19)/i12+1. The highest BCUT2D eigenvalue weighted by molar-refractivity contribution is 9.10. The van der Waals surface area contributed by atoms with Crippen LogP contribution in [-0.4, -0.2) is 46.3 Å². The average molecular weight is 374 g/mol. The van der Waals surface area contributed by atoms with Gasteiger partial charge in [-0.2, -0.15) is 0 Å². The Hall–Kier alpha value is -1.41. The van der Waals surface area contributed by atoms with Gasteiger partial charge in [0.25, 0.3) is 0 Å². The Morgan fingerprint density at radius 2 is 2.14 bits per heavy atom. The second-order valence-corrected chi connectivity index (χ2v) is 6.01. The quantitative estimate of drug-likeness (QED) is 0.517. The van der Waals surface area contributed by atoms with E-state index in [4.69, 9.17) is 4.74 Å². The largest absolute Gasteiger partial charge is 0.465 e. The zero-order valence-corrected chi connectivity index (χ0v) is 14.1. The fourth-order valence-electron chi connectivity index (χ4n) is 2.38. The van der Waals surface area contributed by atoms with E-state index in [0.717, 1.165) is 25.7 Å². The summed E-state index contributed by atoms with van der Waals surface area (Å²) in [4.78, 5) is 20.1. The lowest BCUT2D eigenvalue weighted by Crippen LogP contribution is -2.29. The van der Waals surface area contributed by atoms with Crippen LogP contribution >= 0.6 is 15.9 Å². The molecule has 1 aliphatic rings. The van der Waals surface area contributed by atoms with Gasteiger partial charge in [0.05, 0.1) is 18.9 Å². The molecule has 1 heterocycles. The molecule has 1 fully saturated rings. The number of carbonyl (C=O) groups is 1. The van der Waals surface area contributed by atoms with Crippen molar-refractivity contribution in [3.05, 3.63) is 10.8 Å². The molecule has 0 unspecified atom stereocenters. The Labute approximate surface area is 138 Å². The molecule has 1 saturated carbocycles. The summed E-state index contributed by atoms with van der Waals surface area (Å²) in [6.45, 7) is 2.16. The van der Waals surface area contributed by atoms with Crippen molar-refractivity contribution in [1.82, 2.24) is 9.97 Å². The van der Waals surface area contributed by atoms with Crippen LogP contribution in [0, 0.1) is 0 Å². The summed E-state index contributed by atoms with van der Waals surface area (Å²) < 4.78 is 5.50. The van der Waals surface area contributed by atoms with E-state index in [9.17, 15) is 9.90 Å². The first-order valence-electron chi connectivity index (χ1n) is 7.45. The van der Waals surface area contributed by atoms with Crippen LogP contribution in [0.25, 0.3) is 0 Å². The molecule has 0 aromatic carbocycles. The Morgan fingerprint density at radius 1 is 1.41 bits per heavy atom. The van der Waals surface area contributed by atoms with E-state index in [-0.39, 0.29) is 24.7 Å². The number of hydrogen-bond acceptors (Lipinski definition) is 7. The lowest BCUT2D eigenvalue weighted by molar-refractivity contribution is -0.140. The van der Waals surface area contributed by atoms with Gasteiger partial charge in [-0.15, -0.1) is 0 Å². The van der Waals surface area contributed by atoms with Crippen molar-refractivity contribution in [3.63, 3.8) is 0 Å². The molecule has 0 amide bonds. The smallest absolute Gasteiger partial charge is 0.325 e. The third-order valence-corrected chi connectivity index (χ3v) is 3.87. The molecule has 22 heavy (non-hydrogen) atoms. The van der Waals surface area contributed by atoms with Crippen molar-refractivity contribution in [2.75, 3.05) is 23.8 Å². The zero-order valence-electron chi connectivity index (χ0n) is 12.5. The lowest BCUT2D eigenvalue weighted by atomic mass is 9.93. The van der Waals surface area contributed by atoms with E-state index in [2.05, 4.69) is 36.5 Å². The van der Waals surface area contributed by atoms with Crippen LogP contribution in [0.5, 0.6) is 0 Å². The summed E-state index contributed by atoms with van der Waals surface area (Å²) in [5, 5.41) is 15.8. The van der Waals surface area contributed by atoms with Gasteiger partial charge in [0.2, 0.25) is 0 Å². The molecule has 0 radical (unpaired) electrons. The van der Waals surface area contributed by atoms with Gasteiger partial charge in [0, 0.05) is 6.04 Å². The van der Waals surface area contributed by atoms with Gasteiger partial charge in [0.1, 0.15) is 11.1 Å². The summed E-state index contributed by atoms with van der Waals surface area (Å²) in [5.74, 6) is 0.779. The van der Waals surface area contributed by atoms with Gasteiger partial charge in [-0.1, -0.05) is 0 Å². The fraction of sp³-hybridized carbons (Fsp3) is 0.643. The van der Waals surface area contributed by atoms with Gasteiger partial charge < -0.3 is 20.5 Å². The Kier molecular flexibility index (Phi) is 6.38. The molecule has 0 bridgehead atoms.